The Hall–Kier alpha value is -2.45. The number of esters is 1. The number of nitro groups is 1. The number of ether oxygens (including phenoxy) is 1. The molecule has 2 heterocycles. The lowest BCUT2D eigenvalue weighted by atomic mass is 9.82. The molecule has 1 atom stereocenters. The van der Waals surface area contributed by atoms with E-state index in [1.54, 1.807) is 11.8 Å². The predicted molar refractivity (Wildman–Crippen MR) is 74.8 cm³/mol. The van der Waals surface area contributed by atoms with E-state index in [0.717, 1.165) is 6.20 Å². The van der Waals surface area contributed by atoms with Gasteiger partial charge < -0.3 is 9.64 Å². The third-order valence-corrected chi connectivity index (χ3v) is 3.86. The van der Waals surface area contributed by atoms with Crippen molar-refractivity contribution in [2.75, 3.05) is 20.2 Å². The van der Waals surface area contributed by atoms with Gasteiger partial charge in [-0.25, -0.2) is 0 Å². The normalized spacial score (nSPS) is 21.5. The maximum atomic E-state index is 12.3. The van der Waals surface area contributed by atoms with Gasteiger partial charge in [0.25, 0.3) is 0 Å². The number of carbonyl (C=O) groups is 2. The second kappa shape index (κ2) is 6.12. The van der Waals surface area contributed by atoms with Gasteiger partial charge in [-0.1, -0.05) is 0 Å². The van der Waals surface area contributed by atoms with Crippen LogP contribution in [0.4, 0.5) is 5.69 Å². The second-order valence-electron chi connectivity index (χ2n) is 5.62. The Balaban J connectivity index is 2.02. The molecule has 1 aliphatic rings. The molecule has 1 saturated heterocycles. The van der Waals surface area contributed by atoms with E-state index >= 15 is 0 Å². The summed E-state index contributed by atoms with van der Waals surface area (Å²) in [5, 5.41) is 14.4. The van der Waals surface area contributed by atoms with Crippen molar-refractivity contribution in [3.05, 3.63) is 22.5 Å². The molecule has 2 rings (SSSR count). The number of piperidine rings is 1. The maximum Gasteiger partial charge on any atom is 0.313 e. The quantitative estimate of drug-likeness (QED) is 0.457. The zero-order valence-electron chi connectivity index (χ0n) is 12.5. The van der Waals surface area contributed by atoms with Crippen LogP contribution in [-0.4, -0.2) is 51.7 Å². The van der Waals surface area contributed by atoms with Gasteiger partial charge in [0.15, 0.2) is 0 Å². The number of likely N-dealkylation sites (tertiary alicyclic amines) is 1. The van der Waals surface area contributed by atoms with Crippen molar-refractivity contribution in [1.29, 1.82) is 0 Å². The Morgan fingerprint density at radius 1 is 1.55 bits per heavy atom. The molecule has 0 aromatic carbocycles. The summed E-state index contributed by atoms with van der Waals surface area (Å²) in [6.45, 7) is 2.51. The molecule has 0 aliphatic carbocycles. The molecule has 0 radical (unpaired) electrons. The van der Waals surface area contributed by atoms with Gasteiger partial charge in [0.2, 0.25) is 5.91 Å². The monoisotopic (exact) mass is 310 g/mol. The molecule has 1 fully saturated rings. The van der Waals surface area contributed by atoms with Crippen molar-refractivity contribution < 1.29 is 19.2 Å². The largest absolute Gasteiger partial charge is 0.469 e. The minimum absolute atomic E-state index is 0.0922. The Morgan fingerprint density at radius 2 is 2.27 bits per heavy atom. The molecule has 1 aromatic rings. The third kappa shape index (κ3) is 3.23. The van der Waals surface area contributed by atoms with Crippen molar-refractivity contribution in [2.45, 2.75) is 26.3 Å². The Kier molecular flexibility index (Phi) is 4.43. The van der Waals surface area contributed by atoms with Gasteiger partial charge in [-0.3, -0.25) is 24.4 Å². The molecule has 0 spiro atoms. The van der Waals surface area contributed by atoms with Crippen molar-refractivity contribution in [3.8, 4) is 0 Å². The summed E-state index contributed by atoms with van der Waals surface area (Å²) < 4.78 is 6.03. The lowest BCUT2D eigenvalue weighted by Gasteiger charge is -2.38. The van der Waals surface area contributed by atoms with Gasteiger partial charge in [-0.05, 0) is 19.8 Å². The van der Waals surface area contributed by atoms with Crippen molar-refractivity contribution >= 4 is 17.6 Å². The minimum atomic E-state index is -0.710. The molecule has 0 bridgehead atoms. The number of methoxy groups -OCH3 is 1. The summed E-state index contributed by atoms with van der Waals surface area (Å²) >= 11 is 0. The fraction of sp³-hybridized carbons (Fsp3) is 0.615. The first-order chi connectivity index (χ1) is 10.4. The van der Waals surface area contributed by atoms with Crippen LogP contribution >= 0.6 is 0 Å². The smallest absolute Gasteiger partial charge is 0.313 e. The van der Waals surface area contributed by atoms with Crippen molar-refractivity contribution in [1.82, 2.24) is 14.7 Å². The molecular weight excluding hydrogens is 292 g/mol. The summed E-state index contributed by atoms with van der Waals surface area (Å²) in [6, 6.07) is 0. The maximum absolute atomic E-state index is 12.3. The van der Waals surface area contributed by atoms with Crippen molar-refractivity contribution in [3.63, 3.8) is 0 Å². The summed E-state index contributed by atoms with van der Waals surface area (Å²) in [5.41, 5.74) is -0.871. The van der Waals surface area contributed by atoms with E-state index in [1.165, 1.54) is 18.0 Å². The topological polar surface area (TPSA) is 108 Å². The minimum Gasteiger partial charge on any atom is -0.469 e. The van der Waals surface area contributed by atoms with E-state index in [-0.39, 0.29) is 30.7 Å². The summed E-state index contributed by atoms with van der Waals surface area (Å²) in [4.78, 5) is 35.7. The van der Waals surface area contributed by atoms with Crippen LogP contribution in [0, 0.1) is 15.5 Å². The molecule has 120 valence electrons. The zero-order valence-corrected chi connectivity index (χ0v) is 12.5. The molecule has 9 nitrogen and oxygen atoms in total. The van der Waals surface area contributed by atoms with Gasteiger partial charge in [0.05, 0.1) is 17.4 Å². The fourth-order valence-corrected chi connectivity index (χ4v) is 2.64. The Morgan fingerprint density at radius 3 is 2.86 bits per heavy atom. The number of carbonyl (C=O) groups excluding carboxylic acids is 2. The highest BCUT2D eigenvalue weighted by Gasteiger charge is 2.40. The highest BCUT2D eigenvalue weighted by atomic mass is 16.6. The van der Waals surface area contributed by atoms with Crippen LogP contribution < -0.4 is 0 Å². The van der Waals surface area contributed by atoms with E-state index in [1.807, 2.05) is 0 Å². The third-order valence-electron chi connectivity index (χ3n) is 3.86. The number of nitrogens with zero attached hydrogens (tertiary/aromatic N) is 4. The first kappa shape index (κ1) is 15.9. The zero-order chi connectivity index (χ0) is 16.3. The van der Waals surface area contributed by atoms with E-state index < -0.39 is 10.3 Å². The van der Waals surface area contributed by atoms with Crippen LogP contribution in [0.3, 0.4) is 0 Å². The van der Waals surface area contributed by atoms with Gasteiger partial charge in [0.1, 0.15) is 18.9 Å². The van der Waals surface area contributed by atoms with E-state index in [2.05, 4.69) is 5.10 Å². The fourth-order valence-electron chi connectivity index (χ4n) is 2.64. The number of aromatic nitrogens is 2. The van der Waals surface area contributed by atoms with Gasteiger partial charge in [0, 0.05) is 13.1 Å². The lowest BCUT2D eigenvalue weighted by Crippen LogP contribution is -2.49. The molecule has 22 heavy (non-hydrogen) atoms. The molecular formula is C13H18N4O5. The summed E-state index contributed by atoms with van der Waals surface area (Å²) in [6.07, 6.45) is 3.68. The molecule has 9 heteroatoms. The number of rotatable bonds is 4. The SMILES string of the molecule is COC(=O)C1(C)CCCN(C(=O)Cn2cc([N+](=O)[O-])cn2)C1. The molecule has 1 unspecified atom stereocenters. The molecule has 1 amide bonds. The van der Waals surface area contributed by atoms with Crippen LogP contribution in [-0.2, 0) is 20.9 Å². The first-order valence-electron chi connectivity index (χ1n) is 6.89. The first-order valence-corrected chi connectivity index (χ1v) is 6.89. The van der Waals surface area contributed by atoms with E-state index in [4.69, 9.17) is 4.74 Å². The highest BCUT2D eigenvalue weighted by molar-refractivity contribution is 5.80. The summed E-state index contributed by atoms with van der Waals surface area (Å²) in [5.74, 6) is -0.562. The highest BCUT2D eigenvalue weighted by Crippen LogP contribution is 2.30. The van der Waals surface area contributed by atoms with Crippen LogP contribution in [0.2, 0.25) is 0 Å². The molecule has 1 aromatic heterocycles. The number of amides is 1. The molecule has 0 saturated carbocycles. The van der Waals surface area contributed by atoms with Crippen LogP contribution in [0.5, 0.6) is 0 Å². The average Bonchev–Trinajstić information content (AvgIpc) is 2.95. The second-order valence-corrected chi connectivity index (χ2v) is 5.62. The summed E-state index contributed by atoms with van der Waals surface area (Å²) in [7, 11) is 1.33. The molecule has 1 aliphatic heterocycles. The standard InChI is InChI=1S/C13H18N4O5/c1-13(12(19)22-2)4-3-5-15(9-13)11(18)8-16-7-10(6-14-16)17(20)21/h6-7H,3-5,8-9H2,1-2H3. The number of hydrogen-bond donors (Lipinski definition) is 0. The van der Waals surface area contributed by atoms with Crippen molar-refractivity contribution in [2.24, 2.45) is 5.41 Å². The molecule has 0 N–H and O–H groups in total. The Labute approximate surface area is 127 Å². The number of hydrogen-bond acceptors (Lipinski definition) is 6. The van der Waals surface area contributed by atoms with Crippen LogP contribution in [0.15, 0.2) is 12.4 Å². The van der Waals surface area contributed by atoms with Crippen LogP contribution in [0.1, 0.15) is 19.8 Å². The van der Waals surface area contributed by atoms with Gasteiger partial charge in [-0.15, -0.1) is 0 Å². The van der Waals surface area contributed by atoms with E-state index in [0.29, 0.717) is 19.4 Å². The van der Waals surface area contributed by atoms with E-state index in [9.17, 15) is 19.7 Å². The average molecular weight is 310 g/mol. The lowest BCUT2D eigenvalue weighted by molar-refractivity contribution is -0.385. The van der Waals surface area contributed by atoms with Crippen LogP contribution in [0.25, 0.3) is 0 Å². The Bertz CT molecular complexity index is 599. The van der Waals surface area contributed by atoms with Gasteiger partial charge in [-0.2, -0.15) is 5.10 Å². The predicted octanol–water partition coefficient (Wildman–Crippen LogP) is 0.593. The van der Waals surface area contributed by atoms with Gasteiger partial charge >= 0.3 is 11.7 Å².